The number of carbonyl (C=O) groups excluding carboxylic acids is 2. The molecule has 0 saturated heterocycles. The Balaban J connectivity index is 1.83. The molecule has 0 unspecified atom stereocenters. The monoisotopic (exact) mass is 679 g/mol. The summed E-state index contributed by atoms with van der Waals surface area (Å²) in [6.45, 7) is 7.40. The largest absolute Gasteiger partial charge is 0.354 e. The van der Waals surface area contributed by atoms with Crippen LogP contribution in [0.15, 0.2) is 102 Å². The number of nitrogens with zero attached hydrogens (tertiary/aromatic N) is 2. The van der Waals surface area contributed by atoms with Crippen molar-refractivity contribution in [2.24, 2.45) is 5.92 Å². The van der Waals surface area contributed by atoms with E-state index in [1.54, 1.807) is 48.5 Å². The molecule has 4 aromatic rings. The summed E-state index contributed by atoms with van der Waals surface area (Å²) < 4.78 is 29.5. The summed E-state index contributed by atoms with van der Waals surface area (Å²) in [7, 11) is -4.20. The van der Waals surface area contributed by atoms with Crippen LogP contribution in [0.1, 0.15) is 36.1 Å². The molecule has 2 amide bonds. The van der Waals surface area contributed by atoms with Crippen molar-refractivity contribution in [3.8, 4) is 0 Å². The molecule has 0 radical (unpaired) electrons. The van der Waals surface area contributed by atoms with E-state index in [4.69, 9.17) is 23.2 Å². The van der Waals surface area contributed by atoms with Crippen LogP contribution in [0.5, 0.6) is 0 Å². The Bertz CT molecular complexity index is 1740. The molecule has 46 heavy (non-hydrogen) atoms. The first-order valence-electron chi connectivity index (χ1n) is 15.1. The highest BCUT2D eigenvalue weighted by Gasteiger charge is 2.35. The predicted molar refractivity (Wildman–Crippen MR) is 186 cm³/mol. The second-order valence-corrected chi connectivity index (χ2v) is 14.4. The van der Waals surface area contributed by atoms with E-state index in [0.717, 1.165) is 21.0 Å². The van der Waals surface area contributed by atoms with Crippen molar-refractivity contribution in [1.82, 2.24) is 10.2 Å². The van der Waals surface area contributed by atoms with Gasteiger partial charge in [0.1, 0.15) is 12.6 Å². The molecule has 0 fully saturated rings. The maximum Gasteiger partial charge on any atom is 0.264 e. The number of nitrogens with one attached hydrogen (secondary N) is 1. The molecule has 7 nitrogen and oxygen atoms in total. The van der Waals surface area contributed by atoms with E-state index in [2.05, 4.69) is 5.32 Å². The molecule has 4 rings (SSSR count). The molecule has 4 aromatic carbocycles. The zero-order valence-corrected chi connectivity index (χ0v) is 28.7. The van der Waals surface area contributed by atoms with Gasteiger partial charge in [0.15, 0.2) is 0 Å². The zero-order valence-electron chi connectivity index (χ0n) is 26.4. The van der Waals surface area contributed by atoms with Crippen LogP contribution in [0, 0.1) is 19.8 Å². The Hall–Kier alpha value is -3.85. The number of hydrogen-bond donors (Lipinski definition) is 1. The van der Waals surface area contributed by atoms with E-state index in [9.17, 15) is 18.0 Å². The fraction of sp³-hybridized carbons (Fsp3) is 0.278. The van der Waals surface area contributed by atoms with E-state index < -0.39 is 28.5 Å². The third-order valence-electron chi connectivity index (χ3n) is 7.52. The first-order chi connectivity index (χ1) is 21.9. The molecule has 0 aliphatic carbocycles. The van der Waals surface area contributed by atoms with E-state index in [1.165, 1.54) is 17.0 Å². The van der Waals surface area contributed by atoms with Gasteiger partial charge in [0, 0.05) is 35.1 Å². The van der Waals surface area contributed by atoms with Gasteiger partial charge in [-0.05, 0) is 67.3 Å². The Kier molecular flexibility index (Phi) is 11.9. The second-order valence-electron chi connectivity index (χ2n) is 11.7. The van der Waals surface area contributed by atoms with Gasteiger partial charge in [0.25, 0.3) is 10.0 Å². The molecular formula is C36H39Cl2N3O4S. The van der Waals surface area contributed by atoms with Gasteiger partial charge in [-0.25, -0.2) is 8.42 Å². The molecule has 0 aliphatic rings. The average Bonchev–Trinajstić information content (AvgIpc) is 3.02. The predicted octanol–water partition coefficient (Wildman–Crippen LogP) is 7.22. The van der Waals surface area contributed by atoms with Gasteiger partial charge in [-0.15, -0.1) is 0 Å². The quantitative estimate of drug-likeness (QED) is 0.162. The summed E-state index contributed by atoms with van der Waals surface area (Å²) in [5, 5.41) is 3.63. The van der Waals surface area contributed by atoms with Crippen LogP contribution in [0.2, 0.25) is 10.0 Å². The lowest BCUT2D eigenvalue weighted by atomic mass is 10.0. The van der Waals surface area contributed by atoms with Crippen LogP contribution in [0.25, 0.3) is 0 Å². The van der Waals surface area contributed by atoms with Gasteiger partial charge < -0.3 is 10.2 Å². The second kappa shape index (κ2) is 15.6. The van der Waals surface area contributed by atoms with E-state index in [1.807, 2.05) is 64.1 Å². The smallest absolute Gasteiger partial charge is 0.264 e. The van der Waals surface area contributed by atoms with Crippen molar-refractivity contribution < 1.29 is 18.0 Å². The Morgan fingerprint density at radius 2 is 1.43 bits per heavy atom. The first-order valence-corrected chi connectivity index (χ1v) is 17.3. The molecule has 0 heterocycles. The maximum absolute atomic E-state index is 14.6. The number of sulfonamides is 1. The fourth-order valence-electron chi connectivity index (χ4n) is 4.98. The Morgan fingerprint density at radius 1 is 0.804 bits per heavy atom. The highest BCUT2D eigenvalue weighted by molar-refractivity contribution is 7.92. The van der Waals surface area contributed by atoms with Crippen molar-refractivity contribution in [3.05, 3.63) is 129 Å². The van der Waals surface area contributed by atoms with Gasteiger partial charge in [-0.1, -0.05) is 103 Å². The van der Waals surface area contributed by atoms with Crippen molar-refractivity contribution >= 4 is 50.7 Å². The van der Waals surface area contributed by atoms with Crippen LogP contribution < -0.4 is 9.62 Å². The van der Waals surface area contributed by atoms with Gasteiger partial charge >= 0.3 is 0 Å². The summed E-state index contributed by atoms with van der Waals surface area (Å²) in [6, 6.07) is 26.8. The number of benzene rings is 4. The van der Waals surface area contributed by atoms with Gasteiger partial charge in [0.05, 0.1) is 10.6 Å². The molecule has 1 N–H and O–H groups in total. The van der Waals surface area contributed by atoms with E-state index in [0.29, 0.717) is 27.8 Å². The summed E-state index contributed by atoms with van der Waals surface area (Å²) in [4.78, 5) is 29.9. The van der Waals surface area contributed by atoms with Crippen molar-refractivity contribution in [2.75, 3.05) is 17.4 Å². The summed E-state index contributed by atoms with van der Waals surface area (Å²) in [5.41, 5.74) is 3.34. The topological polar surface area (TPSA) is 86.8 Å². The highest BCUT2D eigenvalue weighted by Crippen LogP contribution is 2.29. The number of carbonyl (C=O) groups is 2. The standard InChI is InChI=1S/C36H39Cl2N3O4S/c1-25(2)22-39-36(43)34(21-28-11-6-5-7-12-28)40(23-31-32(37)14-9-15-33(31)38)35(42)24-41(29-13-8-10-27(4)20-29)46(44,45)30-18-16-26(3)17-19-30/h5-20,25,34H,21-24H2,1-4H3,(H,39,43)/t34-/m1/s1. The molecule has 0 saturated carbocycles. The van der Waals surface area contributed by atoms with Crippen molar-refractivity contribution in [1.29, 1.82) is 0 Å². The molecule has 0 aliphatic heterocycles. The van der Waals surface area contributed by atoms with Crippen LogP contribution in [0.3, 0.4) is 0 Å². The molecule has 1 atom stereocenters. The number of anilines is 1. The van der Waals surface area contributed by atoms with Crippen LogP contribution in [0.4, 0.5) is 5.69 Å². The van der Waals surface area contributed by atoms with E-state index in [-0.39, 0.29) is 29.7 Å². The van der Waals surface area contributed by atoms with Gasteiger partial charge in [0.2, 0.25) is 11.8 Å². The van der Waals surface area contributed by atoms with Gasteiger partial charge in [-0.2, -0.15) is 0 Å². The zero-order chi connectivity index (χ0) is 33.4. The normalized spacial score (nSPS) is 12.1. The Morgan fingerprint density at radius 3 is 2.04 bits per heavy atom. The average molecular weight is 681 g/mol. The molecule has 10 heteroatoms. The fourth-order valence-corrected chi connectivity index (χ4v) is 6.90. The lowest BCUT2D eigenvalue weighted by molar-refractivity contribution is -0.140. The third-order valence-corrected chi connectivity index (χ3v) is 10.0. The minimum atomic E-state index is -4.20. The minimum Gasteiger partial charge on any atom is -0.354 e. The molecule has 0 aromatic heterocycles. The number of halogens is 2. The molecule has 0 spiro atoms. The third kappa shape index (κ3) is 8.90. The van der Waals surface area contributed by atoms with Crippen LogP contribution in [-0.4, -0.2) is 44.3 Å². The van der Waals surface area contributed by atoms with E-state index >= 15 is 0 Å². The number of aryl methyl sites for hydroxylation is 2. The lowest BCUT2D eigenvalue weighted by Gasteiger charge is -2.34. The minimum absolute atomic E-state index is 0.0450. The molecule has 242 valence electrons. The first kappa shape index (κ1) is 35.0. The number of hydrogen-bond acceptors (Lipinski definition) is 4. The number of rotatable bonds is 13. The van der Waals surface area contributed by atoms with Crippen molar-refractivity contribution in [3.63, 3.8) is 0 Å². The highest BCUT2D eigenvalue weighted by atomic mass is 35.5. The maximum atomic E-state index is 14.6. The number of amides is 2. The SMILES string of the molecule is Cc1ccc(S(=O)(=O)N(CC(=O)N(Cc2c(Cl)cccc2Cl)[C@H](Cc2ccccc2)C(=O)NCC(C)C)c2cccc(C)c2)cc1. The molecule has 0 bridgehead atoms. The molecular weight excluding hydrogens is 641 g/mol. The summed E-state index contributed by atoms with van der Waals surface area (Å²) in [6.07, 6.45) is 0.188. The lowest BCUT2D eigenvalue weighted by Crippen LogP contribution is -2.53. The van der Waals surface area contributed by atoms with Crippen LogP contribution >= 0.6 is 23.2 Å². The van der Waals surface area contributed by atoms with Crippen molar-refractivity contribution in [2.45, 2.75) is 51.6 Å². The van der Waals surface area contributed by atoms with Crippen LogP contribution in [-0.2, 0) is 32.6 Å². The van der Waals surface area contributed by atoms with Gasteiger partial charge in [-0.3, -0.25) is 13.9 Å². The summed E-state index contributed by atoms with van der Waals surface area (Å²) >= 11 is 13.2. The Labute approximate surface area is 282 Å². The summed E-state index contributed by atoms with van der Waals surface area (Å²) in [5.74, 6) is -0.786.